The summed E-state index contributed by atoms with van der Waals surface area (Å²) in [7, 11) is 0. The average molecular weight is 266 g/mol. The molecule has 104 valence electrons. The largest absolute Gasteiger partial charge is 0.465 e. The molecule has 1 aromatic carbocycles. The predicted molar refractivity (Wildman–Crippen MR) is 70.4 cm³/mol. The zero-order valence-corrected chi connectivity index (χ0v) is 11.3. The van der Waals surface area contributed by atoms with E-state index in [9.17, 15) is 14.0 Å². The van der Waals surface area contributed by atoms with Crippen molar-refractivity contribution in [3.8, 4) is 0 Å². The third-order valence-electron chi connectivity index (χ3n) is 2.86. The highest BCUT2D eigenvalue weighted by Gasteiger charge is 2.28. The number of Topliss-reactive ketones (excluding diaryl/α,β-unsaturated/α-hetero) is 1. The van der Waals surface area contributed by atoms with Crippen molar-refractivity contribution in [1.29, 1.82) is 0 Å². The summed E-state index contributed by atoms with van der Waals surface area (Å²) in [4.78, 5) is 24.1. The number of benzene rings is 1. The molecule has 1 aromatic rings. The van der Waals surface area contributed by atoms with Gasteiger partial charge in [0.05, 0.1) is 6.61 Å². The molecular weight excluding hydrogens is 247 g/mol. The number of ketones is 1. The van der Waals surface area contributed by atoms with Gasteiger partial charge in [0, 0.05) is 5.56 Å². The van der Waals surface area contributed by atoms with Crippen LogP contribution >= 0.6 is 0 Å². The fraction of sp³-hybridized carbons (Fsp3) is 0.467. The van der Waals surface area contributed by atoms with Crippen LogP contribution in [0.1, 0.15) is 43.5 Å². The van der Waals surface area contributed by atoms with Crippen molar-refractivity contribution in [2.75, 3.05) is 6.61 Å². The van der Waals surface area contributed by atoms with Crippen LogP contribution < -0.4 is 0 Å². The first-order valence-electron chi connectivity index (χ1n) is 6.56. The summed E-state index contributed by atoms with van der Waals surface area (Å²) in [6, 6.07) is 5.23. The van der Waals surface area contributed by atoms with Gasteiger partial charge in [-0.1, -0.05) is 19.8 Å². The van der Waals surface area contributed by atoms with E-state index in [1.165, 1.54) is 24.3 Å². The molecule has 1 unspecified atom stereocenters. The quantitative estimate of drug-likeness (QED) is 0.431. The highest BCUT2D eigenvalue weighted by Crippen LogP contribution is 2.17. The molecule has 0 saturated heterocycles. The molecule has 19 heavy (non-hydrogen) atoms. The van der Waals surface area contributed by atoms with Crippen molar-refractivity contribution >= 4 is 11.8 Å². The van der Waals surface area contributed by atoms with Gasteiger partial charge in [-0.05, 0) is 37.6 Å². The Morgan fingerprint density at radius 1 is 1.21 bits per heavy atom. The Bertz CT molecular complexity index is 426. The van der Waals surface area contributed by atoms with E-state index < -0.39 is 17.7 Å². The van der Waals surface area contributed by atoms with E-state index in [1.54, 1.807) is 6.92 Å². The summed E-state index contributed by atoms with van der Waals surface area (Å²) in [6.45, 7) is 3.94. The number of hydrogen-bond acceptors (Lipinski definition) is 3. The summed E-state index contributed by atoms with van der Waals surface area (Å²) >= 11 is 0. The standard InChI is InChI=1S/C15H19FO3/c1-3-5-6-13(15(18)19-4-2)14(17)11-7-9-12(16)10-8-11/h7-10,13H,3-6H2,1-2H3. The molecule has 0 aliphatic heterocycles. The molecule has 0 aromatic heterocycles. The molecular formula is C15H19FO3. The zero-order chi connectivity index (χ0) is 14.3. The van der Waals surface area contributed by atoms with Crippen LogP contribution in [0.2, 0.25) is 0 Å². The second-order valence-electron chi connectivity index (χ2n) is 4.32. The van der Waals surface area contributed by atoms with Gasteiger partial charge in [-0.15, -0.1) is 0 Å². The van der Waals surface area contributed by atoms with Crippen molar-refractivity contribution in [3.63, 3.8) is 0 Å². The lowest BCUT2D eigenvalue weighted by Gasteiger charge is -2.14. The number of unbranched alkanes of at least 4 members (excludes halogenated alkanes) is 1. The van der Waals surface area contributed by atoms with Crippen molar-refractivity contribution in [3.05, 3.63) is 35.6 Å². The minimum atomic E-state index is -0.787. The summed E-state index contributed by atoms with van der Waals surface area (Å²) < 4.78 is 17.8. The van der Waals surface area contributed by atoms with Gasteiger partial charge in [0.1, 0.15) is 11.7 Å². The van der Waals surface area contributed by atoms with E-state index in [1.807, 2.05) is 6.92 Å². The monoisotopic (exact) mass is 266 g/mol. The molecule has 0 aliphatic carbocycles. The molecule has 0 amide bonds. The maximum absolute atomic E-state index is 12.8. The van der Waals surface area contributed by atoms with Crippen LogP contribution in [0.25, 0.3) is 0 Å². The lowest BCUT2D eigenvalue weighted by Crippen LogP contribution is -2.26. The maximum atomic E-state index is 12.8. The Kier molecular flexibility index (Phi) is 6.19. The second kappa shape index (κ2) is 7.67. The van der Waals surface area contributed by atoms with E-state index in [-0.39, 0.29) is 12.4 Å². The smallest absolute Gasteiger partial charge is 0.316 e. The molecule has 0 radical (unpaired) electrons. The van der Waals surface area contributed by atoms with Crippen LogP contribution in [-0.2, 0) is 9.53 Å². The third kappa shape index (κ3) is 4.47. The Balaban J connectivity index is 2.86. The molecule has 0 saturated carbocycles. The van der Waals surface area contributed by atoms with Crippen LogP contribution in [-0.4, -0.2) is 18.4 Å². The lowest BCUT2D eigenvalue weighted by molar-refractivity contribution is -0.146. The molecule has 0 heterocycles. The first-order valence-corrected chi connectivity index (χ1v) is 6.56. The Morgan fingerprint density at radius 3 is 2.37 bits per heavy atom. The van der Waals surface area contributed by atoms with E-state index in [0.29, 0.717) is 12.0 Å². The number of ether oxygens (including phenoxy) is 1. The van der Waals surface area contributed by atoms with Gasteiger partial charge in [0.2, 0.25) is 0 Å². The normalized spacial score (nSPS) is 11.9. The molecule has 4 heteroatoms. The number of halogens is 1. The maximum Gasteiger partial charge on any atom is 0.316 e. The van der Waals surface area contributed by atoms with Gasteiger partial charge < -0.3 is 4.74 Å². The molecule has 0 fully saturated rings. The first-order chi connectivity index (χ1) is 9.10. The van der Waals surface area contributed by atoms with E-state index in [4.69, 9.17) is 4.74 Å². The van der Waals surface area contributed by atoms with Crippen LogP contribution in [0, 0.1) is 11.7 Å². The van der Waals surface area contributed by atoms with Gasteiger partial charge in [0.15, 0.2) is 5.78 Å². The number of hydrogen-bond donors (Lipinski definition) is 0. The molecule has 0 N–H and O–H groups in total. The Hall–Kier alpha value is -1.71. The first kappa shape index (κ1) is 15.3. The third-order valence-corrected chi connectivity index (χ3v) is 2.86. The van der Waals surface area contributed by atoms with Gasteiger partial charge in [-0.3, -0.25) is 9.59 Å². The van der Waals surface area contributed by atoms with Gasteiger partial charge >= 0.3 is 5.97 Å². The van der Waals surface area contributed by atoms with Crippen molar-refractivity contribution in [2.45, 2.75) is 33.1 Å². The summed E-state index contributed by atoms with van der Waals surface area (Å²) in [5.74, 6) is -1.99. The number of carbonyl (C=O) groups is 2. The van der Waals surface area contributed by atoms with E-state index in [2.05, 4.69) is 0 Å². The lowest BCUT2D eigenvalue weighted by atomic mass is 9.93. The SMILES string of the molecule is CCCCC(C(=O)OCC)C(=O)c1ccc(F)cc1. The fourth-order valence-electron chi connectivity index (χ4n) is 1.82. The van der Waals surface area contributed by atoms with Gasteiger partial charge in [-0.25, -0.2) is 4.39 Å². The van der Waals surface area contributed by atoms with Crippen molar-refractivity contribution in [1.82, 2.24) is 0 Å². The molecule has 0 aliphatic rings. The van der Waals surface area contributed by atoms with E-state index >= 15 is 0 Å². The number of esters is 1. The molecule has 1 rings (SSSR count). The summed E-state index contributed by atoms with van der Waals surface area (Å²) in [6.07, 6.45) is 2.13. The van der Waals surface area contributed by atoms with E-state index in [0.717, 1.165) is 12.8 Å². The van der Waals surface area contributed by atoms with Crippen LogP contribution in [0.5, 0.6) is 0 Å². The van der Waals surface area contributed by atoms with Crippen LogP contribution in [0.3, 0.4) is 0 Å². The second-order valence-corrected chi connectivity index (χ2v) is 4.32. The van der Waals surface area contributed by atoms with Crippen LogP contribution in [0.15, 0.2) is 24.3 Å². The highest BCUT2D eigenvalue weighted by molar-refractivity contribution is 6.08. The summed E-state index contributed by atoms with van der Waals surface area (Å²) in [5, 5.41) is 0. The molecule has 3 nitrogen and oxygen atoms in total. The molecule has 1 atom stereocenters. The average Bonchev–Trinajstić information content (AvgIpc) is 2.40. The fourth-order valence-corrected chi connectivity index (χ4v) is 1.82. The minimum absolute atomic E-state index is 0.248. The van der Waals surface area contributed by atoms with Crippen molar-refractivity contribution in [2.24, 2.45) is 5.92 Å². The predicted octanol–water partition coefficient (Wildman–Crippen LogP) is 3.38. The Labute approximate surface area is 112 Å². The highest BCUT2D eigenvalue weighted by atomic mass is 19.1. The molecule has 0 bridgehead atoms. The summed E-state index contributed by atoms with van der Waals surface area (Å²) in [5.41, 5.74) is 0.343. The van der Waals surface area contributed by atoms with Gasteiger partial charge in [-0.2, -0.15) is 0 Å². The Morgan fingerprint density at radius 2 is 1.84 bits per heavy atom. The number of rotatable bonds is 7. The zero-order valence-electron chi connectivity index (χ0n) is 11.3. The van der Waals surface area contributed by atoms with Gasteiger partial charge in [0.25, 0.3) is 0 Å². The molecule has 0 spiro atoms. The van der Waals surface area contributed by atoms with Crippen molar-refractivity contribution < 1.29 is 18.7 Å². The minimum Gasteiger partial charge on any atom is -0.465 e. The topological polar surface area (TPSA) is 43.4 Å². The van der Waals surface area contributed by atoms with Crippen LogP contribution in [0.4, 0.5) is 4.39 Å². The number of carbonyl (C=O) groups excluding carboxylic acids is 2.